The van der Waals surface area contributed by atoms with Crippen molar-refractivity contribution in [1.82, 2.24) is 15.8 Å². The van der Waals surface area contributed by atoms with Crippen molar-refractivity contribution in [3.8, 4) is 11.5 Å². The number of nitrogens with one attached hydrogen (secondary N) is 2. The first-order valence-electron chi connectivity index (χ1n) is 9.42. The number of hydrogen-bond donors (Lipinski definition) is 2. The van der Waals surface area contributed by atoms with Crippen LogP contribution < -0.4 is 20.2 Å². The predicted octanol–water partition coefficient (Wildman–Crippen LogP) is 0.451. The molecule has 0 saturated carbocycles. The summed E-state index contributed by atoms with van der Waals surface area (Å²) < 4.78 is 15.3. The second kappa shape index (κ2) is 8.90. The van der Waals surface area contributed by atoms with Gasteiger partial charge in [0.25, 0.3) is 11.8 Å². The fourth-order valence-corrected chi connectivity index (χ4v) is 2.73. The number of hydrogen-bond acceptors (Lipinski definition) is 9. The molecule has 1 unspecified atom stereocenters. The summed E-state index contributed by atoms with van der Waals surface area (Å²) in [4.78, 5) is 52.6. The molecule has 4 amide bonds. The van der Waals surface area contributed by atoms with Crippen LogP contribution in [0.15, 0.2) is 23.4 Å². The number of rotatable bonds is 8. The van der Waals surface area contributed by atoms with Gasteiger partial charge < -0.3 is 24.4 Å². The highest BCUT2D eigenvalue weighted by molar-refractivity contribution is 6.07. The average Bonchev–Trinajstić information content (AvgIpc) is 3.30. The van der Waals surface area contributed by atoms with E-state index in [0.29, 0.717) is 34.2 Å². The van der Waals surface area contributed by atoms with Crippen molar-refractivity contribution < 1.29 is 38.2 Å². The summed E-state index contributed by atoms with van der Waals surface area (Å²) in [6, 6.07) is 4.47. The molecule has 2 heterocycles. The lowest BCUT2D eigenvalue weighted by Crippen LogP contribution is -2.49. The molecule has 0 aliphatic carbocycles. The van der Waals surface area contributed by atoms with Crippen LogP contribution in [0, 0.1) is 0 Å². The highest BCUT2D eigenvalue weighted by Crippen LogP contribution is 2.32. The van der Waals surface area contributed by atoms with E-state index in [0.717, 1.165) is 0 Å². The second-order valence-electron chi connectivity index (χ2n) is 6.97. The van der Waals surface area contributed by atoms with E-state index in [4.69, 9.17) is 19.0 Å². The molecule has 12 nitrogen and oxygen atoms in total. The maximum absolute atomic E-state index is 12.2. The average molecular weight is 434 g/mol. The smallest absolute Gasteiger partial charge is 0.347 e. The van der Waals surface area contributed by atoms with Gasteiger partial charge >= 0.3 is 12.0 Å². The van der Waals surface area contributed by atoms with Gasteiger partial charge in [0.15, 0.2) is 18.1 Å². The number of carbonyl (C=O) groups excluding carboxylic acids is 4. The van der Waals surface area contributed by atoms with Crippen LogP contribution in [-0.4, -0.2) is 60.1 Å². The molecule has 0 radical (unpaired) electrons. The van der Waals surface area contributed by atoms with Gasteiger partial charge in [-0.3, -0.25) is 15.0 Å². The van der Waals surface area contributed by atoms with Gasteiger partial charge in [-0.2, -0.15) is 5.01 Å². The molecule has 0 bridgehead atoms. The van der Waals surface area contributed by atoms with Crippen molar-refractivity contribution in [2.75, 3.05) is 20.0 Å². The number of nitrogens with zero attached hydrogens (tertiary/aromatic N) is 2. The third-order valence-electron chi connectivity index (χ3n) is 4.74. The Labute approximate surface area is 177 Å². The lowest BCUT2D eigenvalue weighted by molar-refractivity contribution is -0.154. The van der Waals surface area contributed by atoms with Crippen LogP contribution >= 0.6 is 0 Å². The molecule has 2 aliphatic heterocycles. The predicted molar refractivity (Wildman–Crippen MR) is 104 cm³/mol. The van der Waals surface area contributed by atoms with E-state index in [1.54, 1.807) is 39.0 Å². The minimum absolute atomic E-state index is 0.152. The second-order valence-corrected chi connectivity index (χ2v) is 6.97. The molecule has 1 aromatic carbocycles. The lowest BCUT2D eigenvalue weighted by atomic mass is 10.00. The van der Waals surface area contributed by atoms with Crippen LogP contribution in [0.2, 0.25) is 0 Å². The Morgan fingerprint density at radius 2 is 2.00 bits per heavy atom. The molecule has 2 aliphatic rings. The number of oxime groups is 1. The Morgan fingerprint density at radius 3 is 2.71 bits per heavy atom. The van der Waals surface area contributed by atoms with Gasteiger partial charge in [0.05, 0.1) is 5.71 Å². The first-order valence-corrected chi connectivity index (χ1v) is 9.42. The molecule has 31 heavy (non-hydrogen) atoms. The van der Waals surface area contributed by atoms with Crippen molar-refractivity contribution in [3.63, 3.8) is 0 Å². The van der Waals surface area contributed by atoms with E-state index in [1.165, 1.54) is 0 Å². The molecule has 166 valence electrons. The van der Waals surface area contributed by atoms with E-state index in [9.17, 15) is 19.2 Å². The number of fused-ring (bicyclic) bond motifs is 1. The van der Waals surface area contributed by atoms with E-state index in [1.807, 2.05) is 0 Å². The van der Waals surface area contributed by atoms with Crippen LogP contribution in [0.4, 0.5) is 4.79 Å². The third kappa shape index (κ3) is 4.85. The molecule has 1 fully saturated rings. The molecule has 2 N–H and O–H groups in total. The lowest BCUT2D eigenvalue weighted by Gasteiger charge is -2.19. The van der Waals surface area contributed by atoms with Gasteiger partial charge in [-0.25, -0.2) is 9.59 Å². The monoisotopic (exact) mass is 434 g/mol. The van der Waals surface area contributed by atoms with Gasteiger partial charge in [-0.15, -0.1) is 0 Å². The highest BCUT2D eigenvalue weighted by Gasteiger charge is 2.47. The standard InChI is InChI=1S/C19H22N4O8/c1-4-19(3)17(26)23(18(27)20-19)21-15(24)8-28-16(25)9-31-22-11(2)12-5-6-13-14(7-12)30-10-29-13/h5-7H,4,8-10H2,1-3H3,(H,20,27)(H,21,24)/b22-11+. The number of carbonyl (C=O) groups is 4. The molecule has 1 atom stereocenters. The summed E-state index contributed by atoms with van der Waals surface area (Å²) in [6.07, 6.45) is 0.350. The summed E-state index contributed by atoms with van der Waals surface area (Å²) >= 11 is 0. The van der Waals surface area contributed by atoms with Crippen LogP contribution in [0.3, 0.4) is 0 Å². The third-order valence-corrected chi connectivity index (χ3v) is 4.74. The van der Waals surface area contributed by atoms with Gasteiger partial charge in [-0.05, 0) is 38.5 Å². The fourth-order valence-electron chi connectivity index (χ4n) is 2.73. The Kier molecular flexibility index (Phi) is 6.28. The van der Waals surface area contributed by atoms with E-state index < -0.39 is 42.6 Å². The zero-order valence-electron chi connectivity index (χ0n) is 17.2. The topological polar surface area (TPSA) is 145 Å². The molecule has 12 heteroatoms. The Balaban J connectivity index is 1.42. The van der Waals surface area contributed by atoms with Crippen molar-refractivity contribution in [2.24, 2.45) is 5.16 Å². The first-order chi connectivity index (χ1) is 14.7. The molecular weight excluding hydrogens is 412 g/mol. The summed E-state index contributed by atoms with van der Waals surface area (Å²) in [6.45, 7) is 3.86. The quantitative estimate of drug-likeness (QED) is 0.260. The molecular formula is C19H22N4O8. The maximum Gasteiger partial charge on any atom is 0.347 e. The van der Waals surface area contributed by atoms with Crippen LogP contribution in [-0.2, 0) is 24.0 Å². The van der Waals surface area contributed by atoms with E-state index >= 15 is 0 Å². The fraction of sp³-hybridized carbons (Fsp3) is 0.421. The van der Waals surface area contributed by atoms with Crippen molar-refractivity contribution in [1.29, 1.82) is 0 Å². The number of hydrazine groups is 1. The number of imide groups is 1. The van der Waals surface area contributed by atoms with Gasteiger partial charge in [0, 0.05) is 5.56 Å². The van der Waals surface area contributed by atoms with E-state index in [-0.39, 0.29) is 6.79 Å². The molecule has 0 spiro atoms. The van der Waals surface area contributed by atoms with Crippen LogP contribution in [0.25, 0.3) is 0 Å². The molecule has 3 rings (SSSR count). The molecule has 1 aromatic rings. The largest absolute Gasteiger partial charge is 0.454 e. The number of urea groups is 1. The Bertz CT molecular complexity index is 947. The minimum Gasteiger partial charge on any atom is -0.454 e. The number of esters is 1. The summed E-state index contributed by atoms with van der Waals surface area (Å²) in [5.41, 5.74) is 2.21. The van der Waals surface area contributed by atoms with Gasteiger partial charge in [0.2, 0.25) is 13.4 Å². The summed E-state index contributed by atoms with van der Waals surface area (Å²) in [7, 11) is 0. The number of amides is 4. The highest BCUT2D eigenvalue weighted by atomic mass is 16.7. The van der Waals surface area contributed by atoms with Crippen molar-refractivity contribution >= 4 is 29.5 Å². The Hall–Kier alpha value is -3.83. The van der Waals surface area contributed by atoms with Crippen molar-refractivity contribution in [3.05, 3.63) is 23.8 Å². The van der Waals surface area contributed by atoms with Crippen LogP contribution in [0.5, 0.6) is 11.5 Å². The maximum atomic E-state index is 12.2. The van der Waals surface area contributed by atoms with Crippen LogP contribution in [0.1, 0.15) is 32.8 Å². The van der Waals surface area contributed by atoms with Crippen molar-refractivity contribution in [2.45, 2.75) is 32.7 Å². The number of benzene rings is 1. The molecule has 1 saturated heterocycles. The minimum atomic E-state index is -1.09. The zero-order chi connectivity index (χ0) is 22.6. The first kappa shape index (κ1) is 21.9. The van der Waals surface area contributed by atoms with E-state index in [2.05, 4.69) is 15.9 Å². The summed E-state index contributed by atoms with van der Waals surface area (Å²) in [5.74, 6) is -1.09. The number of ether oxygens (including phenoxy) is 3. The SMILES string of the molecule is CCC1(C)NC(=O)N(NC(=O)COC(=O)CO/N=C(\C)c2ccc3c(c2)OCO3)C1=O. The summed E-state index contributed by atoms with van der Waals surface area (Å²) in [5, 5.41) is 6.87. The molecule has 0 aromatic heterocycles. The zero-order valence-corrected chi connectivity index (χ0v) is 17.2. The van der Waals surface area contributed by atoms with Gasteiger partial charge in [-0.1, -0.05) is 12.1 Å². The van der Waals surface area contributed by atoms with Gasteiger partial charge in [0.1, 0.15) is 5.54 Å². The normalized spacial score (nSPS) is 19.8. The Morgan fingerprint density at radius 1 is 1.26 bits per heavy atom.